The smallest absolute Gasteiger partial charge is 0.271 e. The lowest BCUT2D eigenvalue weighted by atomic mass is 9.77. The Hall–Kier alpha value is -2.64. The molecule has 1 aliphatic carbocycles. The van der Waals surface area contributed by atoms with E-state index in [1.165, 1.54) is 30.3 Å². The van der Waals surface area contributed by atoms with Gasteiger partial charge >= 0.3 is 0 Å². The number of anilines is 1. The Bertz CT molecular complexity index is 1010. The summed E-state index contributed by atoms with van der Waals surface area (Å²) < 4.78 is 0. The highest BCUT2D eigenvalue weighted by molar-refractivity contribution is 6.34. The Morgan fingerprint density at radius 1 is 0.963 bits per heavy atom. The number of nitrogens with zero attached hydrogens (tertiary/aromatic N) is 2. The standard InChI is InChI=1S/C18H13Cl2N3O4/c19-15-5-4-9(22(24)25)6-14(15)17-12-3-1-2-11(12)13-7-10(23(26)27)8-16(20)18(13)21-17/h1-2,4-8,11-12,17,21H,3H2/t11-,12-,17-/m1/s1. The first-order chi connectivity index (χ1) is 12.9. The number of hydrogen-bond donors (Lipinski definition) is 1. The van der Waals surface area contributed by atoms with Gasteiger partial charge in [0.25, 0.3) is 11.4 Å². The summed E-state index contributed by atoms with van der Waals surface area (Å²) in [6.45, 7) is 0. The molecule has 2 aromatic rings. The lowest BCUT2D eigenvalue weighted by Crippen LogP contribution is -2.29. The fourth-order valence-corrected chi connectivity index (χ4v) is 4.45. The predicted octanol–water partition coefficient (Wildman–Crippen LogP) is 5.64. The molecular formula is C18H13Cl2N3O4. The van der Waals surface area contributed by atoms with Crippen LogP contribution >= 0.6 is 23.2 Å². The van der Waals surface area contributed by atoms with E-state index in [0.717, 1.165) is 12.0 Å². The molecule has 1 heterocycles. The van der Waals surface area contributed by atoms with Crippen LogP contribution in [0.3, 0.4) is 0 Å². The predicted molar refractivity (Wildman–Crippen MR) is 103 cm³/mol. The maximum absolute atomic E-state index is 11.2. The van der Waals surface area contributed by atoms with E-state index < -0.39 is 9.85 Å². The Morgan fingerprint density at radius 2 is 1.67 bits per heavy atom. The number of nitro groups is 2. The minimum Gasteiger partial charge on any atom is -0.376 e. The molecule has 9 heteroatoms. The summed E-state index contributed by atoms with van der Waals surface area (Å²) in [5.41, 5.74) is 1.86. The molecule has 0 fully saturated rings. The van der Waals surface area contributed by atoms with Crippen LogP contribution in [0.1, 0.15) is 29.5 Å². The summed E-state index contributed by atoms with van der Waals surface area (Å²) in [5.74, 6) is -0.0611. The summed E-state index contributed by atoms with van der Waals surface area (Å²) in [6, 6.07) is 6.89. The molecule has 0 radical (unpaired) electrons. The monoisotopic (exact) mass is 405 g/mol. The van der Waals surface area contributed by atoms with Crippen molar-refractivity contribution < 1.29 is 9.85 Å². The average molecular weight is 406 g/mol. The summed E-state index contributed by atoms with van der Waals surface area (Å²) in [4.78, 5) is 21.4. The van der Waals surface area contributed by atoms with Crippen molar-refractivity contribution in [3.05, 3.63) is 83.9 Å². The van der Waals surface area contributed by atoms with Crippen LogP contribution in [0.15, 0.2) is 42.5 Å². The first-order valence-electron chi connectivity index (χ1n) is 8.21. The van der Waals surface area contributed by atoms with Gasteiger partial charge in [-0.05, 0) is 24.0 Å². The summed E-state index contributed by atoms with van der Waals surface area (Å²) in [5, 5.41) is 26.3. The zero-order chi connectivity index (χ0) is 19.3. The maximum Gasteiger partial charge on any atom is 0.271 e. The number of nitrogens with one attached hydrogen (secondary N) is 1. The Morgan fingerprint density at radius 3 is 2.37 bits per heavy atom. The van der Waals surface area contributed by atoms with Crippen molar-refractivity contribution >= 4 is 40.3 Å². The van der Waals surface area contributed by atoms with Crippen LogP contribution in [0.25, 0.3) is 0 Å². The number of rotatable bonds is 3. The number of benzene rings is 2. The van der Waals surface area contributed by atoms with Gasteiger partial charge in [-0.15, -0.1) is 0 Å². The number of hydrogen-bond acceptors (Lipinski definition) is 5. The molecule has 0 amide bonds. The van der Waals surface area contributed by atoms with Gasteiger partial charge in [0, 0.05) is 40.8 Å². The van der Waals surface area contributed by atoms with Crippen LogP contribution in [0.5, 0.6) is 0 Å². The average Bonchev–Trinajstić information content (AvgIpc) is 3.11. The largest absolute Gasteiger partial charge is 0.376 e. The van der Waals surface area contributed by atoms with Gasteiger partial charge in [0.2, 0.25) is 0 Å². The summed E-state index contributed by atoms with van der Waals surface area (Å²) in [7, 11) is 0. The molecule has 3 atom stereocenters. The van der Waals surface area contributed by atoms with E-state index in [2.05, 4.69) is 5.32 Å². The van der Waals surface area contributed by atoms with Crippen LogP contribution in [0.4, 0.5) is 17.1 Å². The van der Waals surface area contributed by atoms with E-state index >= 15 is 0 Å². The van der Waals surface area contributed by atoms with Crippen molar-refractivity contribution in [2.75, 3.05) is 5.32 Å². The van der Waals surface area contributed by atoms with Crippen molar-refractivity contribution in [3.8, 4) is 0 Å². The minimum atomic E-state index is -0.469. The topological polar surface area (TPSA) is 98.3 Å². The third kappa shape index (κ3) is 2.93. The molecule has 0 unspecified atom stereocenters. The molecule has 0 saturated carbocycles. The molecule has 7 nitrogen and oxygen atoms in total. The highest BCUT2D eigenvalue weighted by atomic mass is 35.5. The van der Waals surface area contributed by atoms with Gasteiger partial charge in [-0.2, -0.15) is 0 Å². The Labute approximate surface area is 163 Å². The molecule has 138 valence electrons. The number of allylic oxidation sites excluding steroid dienone is 2. The van der Waals surface area contributed by atoms with Gasteiger partial charge in [0.05, 0.1) is 26.6 Å². The third-order valence-corrected chi connectivity index (χ3v) is 5.78. The highest BCUT2D eigenvalue weighted by Gasteiger charge is 2.40. The lowest BCUT2D eigenvalue weighted by Gasteiger charge is -2.38. The van der Waals surface area contributed by atoms with Gasteiger partial charge in [0.15, 0.2) is 0 Å². The summed E-state index contributed by atoms with van der Waals surface area (Å²) in [6.07, 6.45) is 4.74. The second kappa shape index (κ2) is 6.51. The molecule has 2 aliphatic rings. The van der Waals surface area contributed by atoms with Gasteiger partial charge in [0.1, 0.15) is 0 Å². The van der Waals surface area contributed by atoms with Crippen LogP contribution in [0, 0.1) is 26.1 Å². The first-order valence-corrected chi connectivity index (χ1v) is 8.97. The van der Waals surface area contributed by atoms with Crippen molar-refractivity contribution in [2.24, 2.45) is 5.92 Å². The van der Waals surface area contributed by atoms with Crippen LogP contribution in [-0.2, 0) is 0 Å². The van der Waals surface area contributed by atoms with E-state index in [1.807, 2.05) is 12.2 Å². The minimum absolute atomic E-state index is 0.0232. The molecular weight excluding hydrogens is 393 g/mol. The first kappa shape index (κ1) is 17.8. The van der Waals surface area contributed by atoms with E-state index in [9.17, 15) is 20.2 Å². The molecule has 0 aromatic heterocycles. The fourth-order valence-electron chi connectivity index (χ4n) is 3.94. The van der Waals surface area contributed by atoms with E-state index in [1.54, 1.807) is 0 Å². The number of fused-ring (bicyclic) bond motifs is 3. The van der Waals surface area contributed by atoms with E-state index in [-0.39, 0.29) is 34.3 Å². The van der Waals surface area contributed by atoms with Crippen molar-refractivity contribution in [1.29, 1.82) is 0 Å². The van der Waals surface area contributed by atoms with Gasteiger partial charge < -0.3 is 5.32 Å². The van der Waals surface area contributed by atoms with Crippen LogP contribution < -0.4 is 5.32 Å². The molecule has 2 aromatic carbocycles. The molecule has 27 heavy (non-hydrogen) atoms. The summed E-state index contributed by atoms with van der Waals surface area (Å²) >= 11 is 12.7. The van der Waals surface area contributed by atoms with Gasteiger partial charge in [-0.1, -0.05) is 35.4 Å². The molecule has 1 aliphatic heterocycles. The fraction of sp³-hybridized carbons (Fsp3) is 0.222. The lowest BCUT2D eigenvalue weighted by molar-refractivity contribution is -0.385. The molecule has 0 saturated heterocycles. The highest BCUT2D eigenvalue weighted by Crippen LogP contribution is 2.53. The Kier molecular flexibility index (Phi) is 4.28. The molecule has 4 rings (SSSR count). The zero-order valence-corrected chi connectivity index (χ0v) is 15.3. The van der Waals surface area contributed by atoms with Crippen molar-refractivity contribution in [1.82, 2.24) is 0 Å². The van der Waals surface area contributed by atoms with Gasteiger partial charge in [-0.3, -0.25) is 20.2 Å². The number of halogens is 2. The second-order valence-electron chi connectivity index (χ2n) is 6.59. The van der Waals surface area contributed by atoms with Crippen LogP contribution in [-0.4, -0.2) is 9.85 Å². The molecule has 0 bridgehead atoms. The zero-order valence-electron chi connectivity index (χ0n) is 13.8. The third-order valence-electron chi connectivity index (χ3n) is 5.14. The van der Waals surface area contributed by atoms with Crippen molar-refractivity contribution in [2.45, 2.75) is 18.4 Å². The molecule has 1 N–H and O–H groups in total. The number of non-ortho nitro benzene ring substituents is 2. The maximum atomic E-state index is 11.2. The SMILES string of the molecule is O=[N+]([O-])c1cc(Cl)c2c(c1)[C@@H]1C=CC[C@H]1[C@H](c1cc([N+](=O)[O-])ccc1Cl)N2. The number of nitro benzene ring substituents is 2. The molecule has 0 spiro atoms. The quantitative estimate of drug-likeness (QED) is 0.404. The Balaban J connectivity index is 1.85. The van der Waals surface area contributed by atoms with Crippen molar-refractivity contribution in [3.63, 3.8) is 0 Å². The van der Waals surface area contributed by atoms with Crippen LogP contribution in [0.2, 0.25) is 10.0 Å². The van der Waals surface area contributed by atoms with E-state index in [0.29, 0.717) is 16.3 Å². The van der Waals surface area contributed by atoms with Gasteiger partial charge in [-0.25, -0.2) is 0 Å². The second-order valence-corrected chi connectivity index (χ2v) is 7.40. The normalized spacial score (nSPS) is 22.7. The van der Waals surface area contributed by atoms with E-state index in [4.69, 9.17) is 23.2 Å².